The molecule has 3 aromatic rings. The smallest absolute Gasteiger partial charge is 0.335 e. The fourth-order valence-corrected chi connectivity index (χ4v) is 4.42. The Morgan fingerprint density at radius 1 is 1.24 bits per heavy atom. The third-order valence-electron chi connectivity index (χ3n) is 6.13. The number of carboxylic acid groups (broad SMARTS) is 1. The first-order valence-electron chi connectivity index (χ1n) is 11.4. The lowest BCUT2D eigenvalue weighted by atomic mass is 10.0. The van der Waals surface area contributed by atoms with Gasteiger partial charge in [-0.3, -0.25) is 4.90 Å². The first-order valence-corrected chi connectivity index (χ1v) is 11.4. The fourth-order valence-electron chi connectivity index (χ4n) is 4.42. The van der Waals surface area contributed by atoms with Crippen molar-refractivity contribution in [3.63, 3.8) is 0 Å². The largest absolute Gasteiger partial charge is 0.478 e. The van der Waals surface area contributed by atoms with Gasteiger partial charge in [-0.2, -0.15) is 0 Å². The molecule has 1 saturated heterocycles. The van der Waals surface area contributed by atoms with Gasteiger partial charge in [-0.1, -0.05) is 19.8 Å². The molecule has 8 heteroatoms. The maximum atomic E-state index is 15.0. The highest BCUT2D eigenvalue weighted by atomic mass is 19.1. The predicted molar refractivity (Wildman–Crippen MR) is 122 cm³/mol. The molecule has 1 N–H and O–H groups in total. The van der Waals surface area contributed by atoms with E-state index in [1.54, 1.807) is 0 Å². The number of pyridine rings is 1. The maximum absolute atomic E-state index is 15.0. The highest BCUT2D eigenvalue weighted by molar-refractivity contribution is 5.88. The van der Waals surface area contributed by atoms with E-state index in [1.807, 2.05) is 29.7 Å². The van der Waals surface area contributed by atoms with E-state index in [2.05, 4.69) is 16.8 Å². The zero-order valence-corrected chi connectivity index (χ0v) is 19.0. The average molecular weight is 458 g/mol. The quantitative estimate of drug-likeness (QED) is 0.496. The van der Waals surface area contributed by atoms with Crippen molar-refractivity contribution in [1.82, 2.24) is 14.3 Å². The number of ether oxygens (including phenoxy) is 1. The lowest BCUT2D eigenvalue weighted by Gasteiger charge is -2.33. The Morgan fingerprint density at radius 3 is 2.70 bits per heavy atom. The first kappa shape index (κ1) is 23.3. The van der Waals surface area contributed by atoms with Crippen molar-refractivity contribution in [3.8, 4) is 11.3 Å². The van der Waals surface area contributed by atoms with Crippen molar-refractivity contribution in [1.29, 1.82) is 0 Å². The molecule has 176 valence electrons. The van der Waals surface area contributed by atoms with Gasteiger partial charge in [0.05, 0.1) is 35.2 Å². The number of halogens is 2. The summed E-state index contributed by atoms with van der Waals surface area (Å²) in [7, 11) is 0. The van der Waals surface area contributed by atoms with Crippen LogP contribution in [0.2, 0.25) is 0 Å². The molecule has 0 radical (unpaired) electrons. The number of fused-ring (bicyclic) bond motifs is 1. The third kappa shape index (κ3) is 5.07. The zero-order valence-electron chi connectivity index (χ0n) is 19.0. The number of aryl methyl sites for hydroxylation is 1. The van der Waals surface area contributed by atoms with E-state index in [-0.39, 0.29) is 17.4 Å². The summed E-state index contributed by atoms with van der Waals surface area (Å²) in [6, 6.07) is 5.45. The molecule has 0 saturated carbocycles. The Hall–Kier alpha value is -2.84. The standard InChI is InChI=1S/C25H29F2N3O3/c1-3-4-5-7-29-9-10-33-18(15-29)14-21-24(28-22-11-16(2)6-8-30(21)22)23-19(26)12-17(25(31)32)13-20(23)27/h6,8,11-13,18H,3-5,7,9-10,14-15H2,1-2H3,(H,31,32). The number of hydrogen-bond acceptors (Lipinski definition) is 4. The van der Waals surface area contributed by atoms with Gasteiger partial charge in [0, 0.05) is 25.7 Å². The van der Waals surface area contributed by atoms with Crippen LogP contribution in [0.1, 0.15) is 47.8 Å². The highest BCUT2D eigenvalue weighted by Gasteiger charge is 2.27. The lowest BCUT2D eigenvalue weighted by molar-refractivity contribution is -0.0283. The molecule has 3 heterocycles. The van der Waals surface area contributed by atoms with Crippen LogP contribution in [0.25, 0.3) is 16.9 Å². The molecule has 0 spiro atoms. The number of benzene rings is 1. The number of aromatic carboxylic acids is 1. The molecule has 1 fully saturated rings. The first-order chi connectivity index (χ1) is 15.9. The average Bonchev–Trinajstić information content (AvgIpc) is 3.10. The summed E-state index contributed by atoms with van der Waals surface area (Å²) in [5.74, 6) is -3.27. The van der Waals surface area contributed by atoms with Crippen LogP contribution in [0.3, 0.4) is 0 Å². The fraction of sp³-hybridized carbons (Fsp3) is 0.440. The third-order valence-corrected chi connectivity index (χ3v) is 6.13. The Labute approximate surface area is 191 Å². The summed E-state index contributed by atoms with van der Waals surface area (Å²) < 4.78 is 37.8. The molecule has 1 unspecified atom stereocenters. The second-order valence-electron chi connectivity index (χ2n) is 8.66. The van der Waals surface area contributed by atoms with Gasteiger partial charge in [-0.15, -0.1) is 0 Å². The number of hydrogen-bond donors (Lipinski definition) is 1. The van der Waals surface area contributed by atoms with E-state index < -0.39 is 23.2 Å². The van der Waals surface area contributed by atoms with E-state index in [0.717, 1.165) is 50.2 Å². The van der Waals surface area contributed by atoms with Gasteiger partial charge in [-0.05, 0) is 49.7 Å². The number of nitrogens with zero attached hydrogens (tertiary/aromatic N) is 3. The number of aromatic nitrogens is 2. The van der Waals surface area contributed by atoms with E-state index in [0.29, 0.717) is 24.4 Å². The van der Waals surface area contributed by atoms with Gasteiger partial charge in [0.25, 0.3) is 0 Å². The van der Waals surface area contributed by atoms with Gasteiger partial charge in [0.15, 0.2) is 0 Å². The van der Waals surface area contributed by atoms with Crippen molar-refractivity contribution < 1.29 is 23.4 Å². The Bertz CT molecular complexity index is 1140. The van der Waals surface area contributed by atoms with Crippen molar-refractivity contribution in [2.45, 2.75) is 45.6 Å². The molecule has 4 rings (SSSR count). The summed E-state index contributed by atoms with van der Waals surface area (Å²) in [4.78, 5) is 18.1. The molecule has 1 atom stereocenters. The van der Waals surface area contributed by atoms with Crippen molar-refractivity contribution in [3.05, 3.63) is 58.9 Å². The minimum absolute atomic E-state index is 0.134. The van der Waals surface area contributed by atoms with Crippen LogP contribution in [-0.2, 0) is 11.2 Å². The number of unbranched alkanes of at least 4 members (excludes halogenated alkanes) is 2. The topological polar surface area (TPSA) is 67.1 Å². The number of carbonyl (C=O) groups is 1. The number of morpholine rings is 1. The van der Waals surface area contributed by atoms with Gasteiger partial charge in [-0.25, -0.2) is 18.6 Å². The molecule has 33 heavy (non-hydrogen) atoms. The normalized spacial score (nSPS) is 17.0. The Balaban J connectivity index is 1.71. The van der Waals surface area contributed by atoms with Crippen LogP contribution in [0.5, 0.6) is 0 Å². The number of imidazole rings is 1. The molecule has 0 amide bonds. The minimum Gasteiger partial charge on any atom is -0.478 e. The van der Waals surface area contributed by atoms with Crippen LogP contribution < -0.4 is 0 Å². The predicted octanol–water partition coefficient (Wildman–Crippen LogP) is 4.72. The summed E-state index contributed by atoms with van der Waals surface area (Å²) in [6.07, 6.45) is 5.63. The highest BCUT2D eigenvalue weighted by Crippen LogP contribution is 2.32. The van der Waals surface area contributed by atoms with E-state index in [4.69, 9.17) is 9.84 Å². The number of carboxylic acids is 1. The molecule has 0 bridgehead atoms. The maximum Gasteiger partial charge on any atom is 0.335 e. The number of rotatable bonds is 8. The molecular weight excluding hydrogens is 428 g/mol. The minimum atomic E-state index is -1.39. The Kier molecular flexibility index (Phi) is 7.05. The van der Waals surface area contributed by atoms with Gasteiger partial charge in [0.2, 0.25) is 0 Å². The molecule has 1 aromatic carbocycles. The van der Waals surface area contributed by atoms with Crippen LogP contribution in [-0.4, -0.2) is 57.7 Å². The second-order valence-corrected chi connectivity index (χ2v) is 8.66. The SMILES string of the molecule is CCCCCN1CCOC(Cc2c(-c3c(F)cc(C(=O)O)cc3F)nc3cc(C)ccn23)C1. The van der Waals surface area contributed by atoms with Crippen LogP contribution in [0.4, 0.5) is 8.78 Å². The molecule has 1 aliphatic heterocycles. The van der Waals surface area contributed by atoms with Crippen LogP contribution >= 0.6 is 0 Å². The molecule has 0 aliphatic carbocycles. The summed E-state index contributed by atoms with van der Waals surface area (Å²) in [6.45, 7) is 7.34. The lowest BCUT2D eigenvalue weighted by Crippen LogP contribution is -2.43. The monoisotopic (exact) mass is 457 g/mol. The Morgan fingerprint density at radius 2 is 2.00 bits per heavy atom. The molecule has 1 aliphatic rings. The van der Waals surface area contributed by atoms with Crippen molar-refractivity contribution in [2.24, 2.45) is 0 Å². The van der Waals surface area contributed by atoms with Crippen LogP contribution in [0, 0.1) is 18.6 Å². The van der Waals surface area contributed by atoms with E-state index in [1.165, 1.54) is 6.42 Å². The molecular formula is C25H29F2N3O3. The molecule has 6 nitrogen and oxygen atoms in total. The van der Waals surface area contributed by atoms with Gasteiger partial charge >= 0.3 is 5.97 Å². The van der Waals surface area contributed by atoms with Gasteiger partial charge in [0.1, 0.15) is 17.3 Å². The van der Waals surface area contributed by atoms with Gasteiger partial charge < -0.3 is 14.2 Å². The van der Waals surface area contributed by atoms with E-state index >= 15 is 0 Å². The summed E-state index contributed by atoms with van der Waals surface area (Å²) in [5.41, 5.74) is 1.63. The van der Waals surface area contributed by atoms with Crippen LogP contribution in [0.15, 0.2) is 30.5 Å². The zero-order chi connectivity index (χ0) is 23.5. The van der Waals surface area contributed by atoms with E-state index in [9.17, 15) is 13.6 Å². The summed E-state index contributed by atoms with van der Waals surface area (Å²) >= 11 is 0. The summed E-state index contributed by atoms with van der Waals surface area (Å²) in [5, 5.41) is 9.14. The van der Waals surface area contributed by atoms with Crippen molar-refractivity contribution >= 4 is 11.6 Å². The van der Waals surface area contributed by atoms with Crippen molar-refractivity contribution in [2.75, 3.05) is 26.2 Å². The molecule has 2 aromatic heterocycles. The second kappa shape index (κ2) is 9.97.